The molecular formula is C13H18O2. The van der Waals surface area contributed by atoms with Crippen molar-refractivity contribution >= 4 is 5.78 Å². The predicted molar refractivity (Wildman–Crippen MR) is 61.3 cm³/mol. The minimum Gasteiger partial charge on any atom is -0.497 e. The molecule has 0 radical (unpaired) electrons. The fourth-order valence-corrected chi connectivity index (χ4v) is 1.75. The Morgan fingerprint density at radius 2 is 2.20 bits per heavy atom. The normalized spacial score (nSPS) is 12.2. The molecule has 15 heavy (non-hydrogen) atoms. The first-order chi connectivity index (χ1) is 7.19. The maximum Gasteiger partial charge on any atom is 0.137 e. The van der Waals surface area contributed by atoms with Crippen LogP contribution in [0.4, 0.5) is 0 Å². The Hall–Kier alpha value is -1.31. The highest BCUT2D eigenvalue weighted by Gasteiger charge is 2.15. The number of hydrogen-bond acceptors (Lipinski definition) is 2. The van der Waals surface area contributed by atoms with Crippen molar-refractivity contribution in [1.82, 2.24) is 0 Å². The van der Waals surface area contributed by atoms with Crippen LogP contribution < -0.4 is 4.74 Å². The second kappa shape index (κ2) is 5.54. The molecule has 0 N–H and O–H groups in total. The van der Waals surface area contributed by atoms with Crippen molar-refractivity contribution in [3.05, 3.63) is 29.8 Å². The standard InChI is InChI=1S/C13H18O2/c1-4-6-13(10(2)14)11-7-5-8-12(9-11)15-3/h5,7-9,13H,4,6H2,1-3H3. The number of Topliss-reactive ketones (excluding diaryl/α,β-unsaturated/α-hetero) is 1. The summed E-state index contributed by atoms with van der Waals surface area (Å²) in [6.07, 6.45) is 1.92. The minimum absolute atomic E-state index is 0.0186. The molecule has 0 aliphatic rings. The van der Waals surface area contributed by atoms with Crippen molar-refractivity contribution in [3.8, 4) is 5.75 Å². The Kier molecular flexibility index (Phi) is 4.35. The molecule has 0 saturated heterocycles. The first kappa shape index (κ1) is 11.8. The zero-order valence-corrected chi connectivity index (χ0v) is 9.62. The fourth-order valence-electron chi connectivity index (χ4n) is 1.75. The van der Waals surface area contributed by atoms with Gasteiger partial charge in [-0.3, -0.25) is 4.79 Å². The molecule has 0 aliphatic carbocycles. The number of carbonyl (C=O) groups is 1. The largest absolute Gasteiger partial charge is 0.497 e. The van der Waals surface area contributed by atoms with Crippen LogP contribution in [-0.2, 0) is 4.79 Å². The maximum absolute atomic E-state index is 11.5. The molecule has 0 aliphatic heterocycles. The van der Waals surface area contributed by atoms with Crippen LogP contribution in [0, 0.1) is 0 Å². The van der Waals surface area contributed by atoms with Crippen molar-refractivity contribution < 1.29 is 9.53 Å². The molecule has 0 spiro atoms. The van der Waals surface area contributed by atoms with E-state index in [2.05, 4.69) is 6.92 Å². The Morgan fingerprint density at radius 3 is 2.73 bits per heavy atom. The SMILES string of the molecule is CCCC(C(C)=O)c1cccc(OC)c1. The van der Waals surface area contributed by atoms with E-state index < -0.39 is 0 Å². The summed E-state index contributed by atoms with van der Waals surface area (Å²) in [4.78, 5) is 11.5. The van der Waals surface area contributed by atoms with Gasteiger partial charge in [0.05, 0.1) is 7.11 Å². The van der Waals surface area contributed by atoms with Crippen LogP contribution in [-0.4, -0.2) is 12.9 Å². The van der Waals surface area contributed by atoms with Gasteiger partial charge in [-0.05, 0) is 31.0 Å². The first-order valence-electron chi connectivity index (χ1n) is 5.33. The predicted octanol–water partition coefficient (Wildman–Crippen LogP) is 3.17. The highest BCUT2D eigenvalue weighted by Crippen LogP contribution is 2.25. The maximum atomic E-state index is 11.5. The number of ether oxygens (including phenoxy) is 1. The lowest BCUT2D eigenvalue weighted by molar-refractivity contribution is -0.118. The average Bonchev–Trinajstić information content (AvgIpc) is 2.25. The van der Waals surface area contributed by atoms with Crippen LogP contribution in [0.1, 0.15) is 38.2 Å². The molecule has 1 atom stereocenters. The summed E-state index contributed by atoms with van der Waals surface area (Å²) in [6.45, 7) is 3.75. The number of carbonyl (C=O) groups excluding carboxylic acids is 1. The number of hydrogen-bond donors (Lipinski definition) is 0. The van der Waals surface area contributed by atoms with Gasteiger partial charge in [0.1, 0.15) is 11.5 Å². The van der Waals surface area contributed by atoms with Crippen molar-refractivity contribution in [2.75, 3.05) is 7.11 Å². The summed E-state index contributed by atoms with van der Waals surface area (Å²) in [5, 5.41) is 0. The topological polar surface area (TPSA) is 26.3 Å². The van der Waals surface area contributed by atoms with E-state index in [9.17, 15) is 4.79 Å². The molecule has 0 amide bonds. The van der Waals surface area contributed by atoms with E-state index in [1.165, 1.54) is 0 Å². The summed E-state index contributed by atoms with van der Waals surface area (Å²) < 4.78 is 5.15. The summed E-state index contributed by atoms with van der Waals surface area (Å²) in [7, 11) is 1.64. The van der Waals surface area contributed by atoms with Gasteiger partial charge in [0.2, 0.25) is 0 Å². The van der Waals surface area contributed by atoms with Crippen LogP contribution in [0.3, 0.4) is 0 Å². The minimum atomic E-state index is 0.0186. The third-order valence-electron chi connectivity index (χ3n) is 2.56. The molecule has 0 bridgehead atoms. The lowest BCUT2D eigenvalue weighted by atomic mass is 9.91. The van der Waals surface area contributed by atoms with Gasteiger partial charge in [0.15, 0.2) is 0 Å². The third kappa shape index (κ3) is 3.08. The monoisotopic (exact) mass is 206 g/mol. The summed E-state index contributed by atoms with van der Waals surface area (Å²) >= 11 is 0. The van der Waals surface area contributed by atoms with E-state index >= 15 is 0 Å². The molecule has 1 aromatic rings. The van der Waals surface area contributed by atoms with Gasteiger partial charge in [-0.25, -0.2) is 0 Å². The lowest BCUT2D eigenvalue weighted by Crippen LogP contribution is -2.08. The quantitative estimate of drug-likeness (QED) is 0.739. The van der Waals surface area contributed by atoms with Crippen LogP contribution >= 0.6 is 0 Å². The van der Waals surface area contributed by atoms with Crippen molar-refractivity contribution in [2.45, 2.75) is 32.6 Å². The summed E-state index contributed by atoms with van der Waals surface area (Å²) in [6, 6.07) is 7.76. The molecule has 2 nitrogen and oxygen atoms in total. The Labute approximate surface area is 91.3 Å². The molecule has 0 heterocycles. The molecule has 0 saturated carbocycles. The average molecular weight is 206 g/mol. The molecular weight excluding hydrogens is 188 g/mol. The Bertz CT molecular complexity index is 331. The van der Waals surface area contributed by atoms with Gasteiger partial charge >= 0.3 is 0 Å². The van der Waals surface area contributed by atoms with E-state index in [-0.39, 0.29) is 11.7 Å². The van der Waals surface area contributed by atoms with E-state index in [4.69, 9.17) is 4.74 Å². The number of ketones is 1. The zero-order valence-electron chi connectivity index (χ0n) is 9.62. The van der Waals surface area contributed by atoms with Crippen LogP contribution in [0.15, 0.2) is 24.3 Å². The Balaban J connectivity index is 2.94. The molecule has 0 fully saturated rings. The third-order valence-corrected chi connectivity index (χ3v) is 2.56. The van der Waals surface area contributed by atoms with E-state index in [1.54, 1.807) is 14.0 Å². The lowest BCUT2D eigenvalue weighted by Gasteiger charge is -2.13. The van der Waals surface area contributed by atoms with E-state index in [1.807, 2.05) is 24.3 Å². The number of benzene rings is 1. The first-order valence-corrected chi connectivity index (χ1v) is 5.33. The van der Waals surface area contributed by atoms with Crippen molar-refractivity contribution in [1.29, 1.82) is 0 Å². The van der Waals surface area contributed by atoms with Gasteiger partial charge in [-0.1, -0.05) is 25.5 Å². The molecule has 1 unspecified atom stereocenters. The molecule has 0 aromatic heterocycles. The second-order valence-electron chi connectivity index (χ2n) is 3.73. The second-order valence-corrected chi connectivity index (χ2v) is 3.73. The molecule has 1 aromatic carbocycles. The van der Waals surface area contributed by atoms with Gasteiger partial charge in [0.25, 0.3) is 0 Å². The van der Waals surface area contributed by atoms with Gasteiger partial charge < -0.3 is 4.74 Å². The fraction of sp³-hybridized carbons (Fsp3) is 0.462. The van der Waals surface area contributed by atoms with E-state index in [0.29, 0.717) is 0 Å². The van der Waals surface area contributed by atoms with E-state index in [0.717, 1.165) is 24.2 Å². The van der Waals surface area contributed by atoms with Gasteiger partial charge in [0, 0.05) is 5.92 Å². The van der Waals surface area contributed by atoms with Crippen LogP contribution in [0.25, 0.3) is 0 Å². The Morgan fingerprint density at radius 1 is 1.47 bits per heavy atom. The molecule has 2 heteroatoms. The van der Waals surface area contributed by atoms with Crippen LogP contribution in [0.5, 0.6) is 5.75 Å². The van der Waals surface area contributed by atoms with Gasteiger partial charge in [-0.15, -0.1) is 0 Å². The van der Waals surface area contributed by atoms with Crippen molar-refractivity contribution in [3.63, 3.8) is 0 Å². The molecule has 1 rings (SSSR count). The van der Waals surface area contributed by atoms with Crippen LogP contribution in [0.2, 0.25) is 0 Å². The smallest absolute Gasteiger partial charge is 0.137 e. The highest BCUT2D eigenvalue weighted by molar-refractivity contribution is 5.83. The van der Waals surface area contributed by atoms with Gasteiger partial charge in [-0.2, -0.15) is 0 Å². The molecule has 82 valence electrons. The summed E-state index contributed by atoms with van der Waals surface area (Å²) in [5.74, 6) is 1.06. The zero-order chi connectivity index (χ0) is 11.3. The number of methoxy groups -OCH3 is 1. The highest BCUT2D eigenvalue weighted by atomic mass is 16.5. The summed E-state index contributed by atoms with van der Waals surface area (Å²) in [5.41, 5.74) is 1.06. The number of rotatable bonds is 5. The van der Waals surface area contributed by atoms with Crippen molar-refractivity contribution in [2.24, 2.45) is 0 Å².